The number of imide groups is 1. The van der Waals surface area contributed by atoms with Crippen molar-refractivity contribution >= 4 is 76.2 Å². The molecule has 0 spiro atoms. The van der Waals surface area contributed by atoms with Crippen LogP contribution >= 0.6 is 0 Å². The molecule has 0 radical (unpaired) electrons. The van der Waals surface area contributed by atoms with Crippen LogP contribution in [-0.4, -0.2) is 159 Å². The molecule has 5 heterocycles. The number of ether oxygens (including phenoxy) is 4. The van der Waals surface area contributed by atoms with Crippen molar-refractivity contribution in [3.8, 4) is 11.4 Å². The molecule has 1 saturated carbocycles. The molecule has 3 aliphatic heterocycles. The second-order valence-electron chi connectivity index (χ2n) is 25.5. The maximum Gasteiger partial charge on any atom is 0.410 e. The molecule has 0 unspecified atom stereocenters. The minimum Gasteiger partial charge on any atom is -0.459 e. The van der Waals surface area contributed by atoms with Gasteiger partial charge in [-0.1, -0.05) is 43.7 Å². The molecular weight excluding hydrogens is 1200 g/mol. The summed E-state index contributed by atoms with van der Waals surface area (Å²) in [4.78, 5) is 167. The number of fused-ring (bicyclic) bond motifs is 5. The van der Waals surface area contributed by atoms with Gasteiger partial charge in [-0.05, 0) is 109 Å². The number of benzene rings is 2. The fourth-order valence-corrected chi connectivity index (χ4v) is 11.9. The normalized spacial score (nSPS) is 18.2. The van der Waals surface area contributed by atoms with Crippen LogP contribution in [0, 0.1) is 18.2 Å². The van der Waals surface area contributed by atoms with E-state index in [9.17, 15) is 62.6 Å². The number of aryl methyl sites for hydroxylation is 1. The number of cyclic esters (lactones) is 1. The Kier molecular flexibility index (Phi) is 19.5. The van der Waals surface area contributed by atoms with Gasteiger partial charge in [-0.2, -0.15) is 0 Å². The Morgan fingerprint density at radius 1 is 0.837 bits per heavy atom. The summed E-state index contributed by atoms with van der Waals surface area (Å²) in [5.41, 5.74) is -1.15. The number of aromatic nitrogens is 2. The Balaban J connectivity index is 0.785. The second kappa shape index (κ2) is 26.8. The van der Waals surface area contributed by atoms with Crippen LogP contribution in [0.5, 0.6) is 0 Å². The summed E-state index contributed by atoms with van der Waals surface area (Å²) in [5.74, 6) is -8.68. The number of carbonyl (C=O) groups excluding carboxylic acids is 11. The van der Waals surface area contributed by atoms with Crippen LogP contribution in [-0.2, 0) is 98.5 Å². The summed E-state index contributed by atoms with van der Waals surface area (Å²) in [6.45, 7) is 8.47. The first kappa shape index (κ1) is 67.0. The van der Waals surface area contributed by atoms with Crippen LogP contribution in [0.3, 0.4) is 0 Å². The van der Waals surface area contributed by atoms with Gasteiger partial charge in [0.1, 0.15) is 49.0 Å². The van der Waals surface area contributed by atoms with Crippen LogP contribution in [0.1, 0.15) is 126 Å². The number of nitrogens with one attached hydrogen (secondary N) is 6. The topological polar surface area (TPSA) is 358 Å². The molecule has 4 atom stereocenters. The van der Waals surface area contributed by atoms with E-state index in [1.165, 1.54) is 10.6 Å². The highest BCUT2D eigenvalue weighted by Gasteiger charge is 2.48. The zero-order valence-electron chi connectivity index (χ0n) is 52.4. The maximum absolute atomic E-state index is 15.6. The van der Waals surface area contributed by atoms with E-state index in [2.05, 4.69) is 31.9 Å². The van der Waals surface area contributed by atoms with Gasteiger partial charge in [0.25, 0.3) is 17.4 Å². The average molecular weight is 1280 g/mol. The summed E-state index contributed by atoms with van der Waals surface area (Å²) in [6, 6.07) is 7.84. The molecule has 0 bridgehead atoms. The molecular formula is C64H75FN10O17. The van der Waals surface area contributed by atoms with Gasteiger partial charge in [0.15, 0.2) is 5.60 Å². The highest BCUT2D eigenvalue weighted by molar-refractivity contribution is 6.15. The lowest BCUT2D eigenvalue weighted by Crippen LogP contribution is -2.57. The van der Waals surface area contributed by atoms with E-state index in [0.29, 0.717) is 81.5 Å². The molecule has 9 rings (SSSR count). The number of nitrogens with zero attached hydrogens (tertiary/aromatic N) is 4. The fraction of sp³-hybridized carbons (Fsp3) is 0.484. The Morgan fingerprint density at radius 3 is 2.13 bits per heavy atom. The first-order valence-corrected chi connectivity index (χ1v) is 30.3. The zero-order chi connectivity index (χ0) is 66.8. The van der Waals surface area contributed by atoms with E-state index in [0.717, 1.165) is 22.6 Å². The maximum atomic E-state index is 15.6. The molecule has 1 fully saturated rings. The van der Waals surface area contributed by atoms with Crippen LogP contribution in [0.2, 0.25) is 0 Å². The molecule has 28 heteroatoms. The minimum atomic E-state index is -2.07. The third-order valence-electron chi connectivity index (χ3n) is 16.7. The summed E-state index contributed by atoms with van der Waals surface area (Å²) >= 11 is 0. The van der Waals surface area contributed by atoms with E-state index >= 15 is 4.39 Å². The van der Waals surface area contributed by atoms with Gasteiger partial charge >= 0.3 is 18.0 Å². The molecule has 9 amide bonds. The van der Waals surface area contributed by atoms with Gasteiger partial charge in [0.2, 0.25) is 35.4 Å². The average Bonchev–Trinajstić information content (AvgIpc) is 1.46. The summed E-state index contributed by atoms with van der Waals surface area (Å²) < 4.78 is 39.0. The molecule has 5 aliphatic rings. The van der Waals surface area contributed by atoms with E-state index in [4.69, 9.17) is 23.9 Å². The lowest BCUT2D eigenvalue weighted by Gasteiger charge is -2.41. The summed E-state index contributed by atoms with van der Waals surface area (Å²) in [6.07, 6.45) is 3.06. The number of aliphatic hydroxyl groups is 1. The first-order chi connectivity index (χ1) is 43.4. The largest absolute Gasteiger partial charge is 0.459 e. The van der Waals surface area contributed by atoms with Gasteiger partial charge in [-0.3, -0.25) is 57.7 Å². The molecule has 4 aromatic rings. The number of pyridine rings is 2. The minimum absolute atomic E-state index is 0.0472. The number of halogens is 1. The number of carbonyl (C=O) groups is 11. The van der Waals surface area contributed by atoms with Crippen molar-refractivity contribution < 1.29 is 81.2 Å². The van der Waals surface area contributed by atoms with E-state index in [1.54, 1.807) is 91.8 Å². The molecule has 7 N–H and O–H groups in total. The molecule has 2 aromatic heterocycles. The van der Waals surface area contributed by atoms with Crippen LogP contribution in [0.4, 0.5) is 9.18 Å². The van der Waals surface area contributed by atoms with E-state index < -0.39 is 144 Å². The molecule has 92 heavy (non-hydrogen) atoms. The third-order valence-corrected chi connectivity index (χ3v) is 16.7. The Bertz CT molecular complexity index is 3780. The smallest absolute Gasteiger partial charge is 0.410 e. The van der Waals surface area contributed by atoms with Crippen molar-refractivity contribution in [3.63, 3.8) is 0 Å². The van der Waals surface area contributed by atoms with Crippen LogP contribution in [0.15, 0.2) is 59.4 Å². The molecule has 2 aromatic carbocycles. The number of hydrogen-bond donors (Lipinski definition) is 7. The predicted molar refractivity (Wildman–Crippen MR) is 323 cm³/mol. The van der Waals surface area contributed by atoms with Crippen molar-refractivity contribution in [2.24, 2.45) is 5.41 Å². The quantitative estimate of drug-likeness (QED) is 0.0161. The van der Waals surface area contributed by atoms with Gasteiger partial charge in [-0.15, -0.1) is 0 Å². The van der Waals surface area contributed by atoms with Crippen molar-refractivity contribution in [2.45, 2.75) is 148 Å². The Hall–Kier alpha value is -9.44. The van der Waals surface area contributed by atoms with Crippen molar-refractivity contribution in [1.82, 2.24) is 51.3 Å². The highest BCUT2D eigenvalue weighted by Crippen LogP contribution is 2.48. The van der Waals surface area contributed by atoms with E-state index in [-0.39, 0.29) is 56.4 Å². The van der Waals surface area contributed by atoms with Gasteiger partial charge in [0.05, 0.1) is 73.3 Å². The molecule has 2 aliphatic carbocycles. The first-order valence-electron chi connectivity index (χ1n) is 30.3. The molecule has 490 valence electrons. The lowest BCUT2D eigenvalue weighted by molar-refractivity contribution is -0.172. The van der Waals surface area contributed by atoms with Crippen molar-refractivity contribution in [2.75, 3.05) is 46.1 Å². The number of esters is 2. The van der Waals surface area contributed by atoms with Gasteiger partial charge < -0.3 is 60.5 Å². The van der Waals surface area contributed by atoms with Crippen LogP contribution in [0.25, 0.3) is 22.3 Å². The third kappa shape index (κ3) is 14.5. The predicted octanol–water partition coefficient (Wildman–Crippen LogP) is 1.84. The zero-order valence-corrected chi connectivity index (χ0v) is 52.4. The highest BCUT2D eigenvalue weighted by atomic mass is 19.1. The Morgan fingerprint density at radius 2 is 1.49 bits per heavy atom. The van der Waals surface area contributed by atoms with Crippen LogP contribution < -0.4 is 37.5 Å². The lowest BCUT2D eigenvalue weighted by atomic mass is 9.68. The standard InChI is InChI=1S/C64H75FN10O17/c1-9-64(88)39-23-44-54-37(28-74(44)57(84)38(39)31-90-59(64)86)53-41(17-16-36-34(2)40(65)24-42(71-54)52(36)53)72-58(85)63(20-13-21-63)32-89-33-69-47(77)26-67-55(82)43(22-35-14-11-10-12-15-35)70-48(78)27-66-46(76)25-68-56(83)45(75-49(79)18-19-50(75)80)29-73(60(87)92-62(6,7)8)30-51(81)91-61(3,4)5/h10-12,14-15,18-19,23-24,41,43,45,88H,9,13,16-17,20-22,25-33H2,1-8H3,(H,66,76)(H,67,82)(H,68,83)(H,69,77)(H,70,78)(H,72,85)/t41-,43-,45-,64-/m0/s1. The van der Waals surface area contributed by atoms with E-state index in [1.807, 2.05) is 0 Å². The van der Waals surface area contributed by atoms with Crippen molar-refractivity contribution in [1.29, 1.82) is 0 Å². The second-order valence-corrected chi connectivity index (χ2v) is 25.5. The fourth-order valence-electron chi connectivity index (χ4n) is 11.9. The van der Waals surface area contributed by atoms with Gasteiger partial charge in [-0.25, -0.2) is 19.0 Å². The SMILES string of the molecule is CC[C@@]1(O)C(=O)OCc2c1cc1n(c2=O)Cc2c-1nc1cc(F)c(C)c3c1c2[C@@H](NC(=O)C1(COCNC(=O)CNC(=O)[C@H](Cc2ccccc2)NC(=O)CNC(=O)CNC(=O)[C@H](CN(CC(=O)OC(C)(C)C)C(=O)OC(C)(C)C)N2C(=O)C=CC2=O)CCC1)CC3. The monoisotopic (exact) mass is 1270 g/mol. The molecule has 0 saturated heterocycles. The number of rotatable bonds is 23. The molecule has 27 nitrogen and oxygen atoms in total. The summed E-state index contributed by atoms with van der Waals surface area (Å²) in [5, 5.41) is 27.6. The number of amides is 9. The van der Waals surface area contributed by atoms with Crippen molar-refractivity contribution in [3.05, 3.63) is 110 Å². The van der Waals surface area contributed by atoms with Gasteiger partial charge in [0, 0.05) is 41.2 Å². The number of hydrogen-bond acceptors (Lipinski definition) is 18. The Labute approximate surface area is 527 Å². The summed E-state index contributed by atoms with van der Waals surface area (Å²) in [7, 11) is 0.